The van der Waals surface area contributed by atoms with Crippen molar-refractivity contribution in [1.29, 1.82) is 0 Å². The molecule has 2 rings (SSSR count). The number of methoxy groups -OCH3 is 1. The Kier molecular flexibility index (Phi) is 5.42. The van der Waals surface area contributed by atoms with Crippen LogP contribution in [0.3, 0.4) is 0 Å². The molecule has 0 atom stereocenters. The molecule has 1 aromatic carbocycles. The van der Waals surface area contributed by atoms with Crippen LogP contribution in [0.25, 0.3) is 6.08 Å². The Balaban J connectivity index is 2.38. The molecule has 2 aromatic rings. The van der Waals surface area contributed by atoms with Crippen LogP contribution in [0, 0.1) is 13.8 Å². The third-order valence-corrected chi connectivity index (χ3v) is 4.15. The number of benzene rings is 1. The predicted molar refractivity (Wildman–Crippen MR) is 91.0 cm³/mol. The lowest BCUT2D eigenvalue weighted by Crippen LogP contribution is -2.05. The second kappa shape index (κ2) is 7.11. The maximum Gasteiger partial charge on any atom is 0.330 e. The van der Waals surface area contributed by atoms with Gasteiger partial charge in [-0.25, -0.2) is 9.78 Å². The lowest BCUT2D eigenvalue weighted by atomic mass is 10.2. The van der Waals surface area contributed by atoms with Crippen molar-refractivity contribution >= 4 is 39.6 Å². The summed E-state index contributed by atoms with van der Waals surface area (Å²) >= 11 is 9.68. The van der Waals surface area contributed by atoms with E-state index in [0.717, 1.165) is 27.2 Å². The molecule has 0 aliphatic carbocycles. The van der Waals surface area contributed by atoms with Gasteiger partial charge in [-0.2, -0.15) is 0 Å². The molecule has 0 N–H and O–H groups in total. The third kappa shape index (κ3) is 3.78. The SMILES string of the molecule is COC(=O)C=Cc1c(C)nc(C)n1Cc1ccc(Br)cc1Cl. The Hall–Kier alpha value is -1.59. The number of carbonyl (C=O) groups is 1. The Bertz CT molecular complexity index is 738. The summed E-state index contributed by atoms with van der Waals surface area (Å²) in [7, 11) is 1.35. The highest BCUT2D eigenvalue weighted by Crippen LogP contribution is 2.24. The van der Waals surface area contributed by atoms with Gasteiger partial charge in [-0.3, -0.25) is 0 Å². The highest BCUT2D eigenvalue weighted by atomic mass is 79.9. The Morgan fingerprint density at radius 1 is 1.45 bits per heavy atom. The molecule has 1 heterocycles. The van der Waals surface area contributed by atoms with Crippen LogP contribution < -0.4 is 0 Å². The second-order valence-electron chi connectivity index (χ2n) is 4.81. The number of rotatable bonds is 4. The highest BCUT2D eigenvalue weighted by Gasteiger charge is 2.12. The first-order valence-electron chi connectivity index (χ1n) is 6.66. The number of imidazole rings is 1. The summed E-state index contributed by atoms with van der Waals surface area (Å²) in [6, 6.07) is 5.78. The molecule has 116 valence electrons. The van der Waals surface area contributed by atoms with Crippen LogP contribution in [0.1, 0.15) is 22.8 Å². The molecule has 6 heteroatoms. The molecule has 0 saturated heterocycles. The van der Waals surface area contributed by atoms with Crippen molar-refractivity contribution in [2.75, 3.05) is 7.11 Å². The van der Waals surface area contributed by atoms with Gasteiger partial charge in [0.05, 0.1) is 25.0 Å². The number of hydrogen-bond donors (Lipinski definition) is 0. The summed E-state index contributed by atoms with van der Waals surface area (Å²) in [6.45, 7) is 4.42. The molecular formula is C16H16BrClN2O2. The fourth-order valence-electron chi connectivity index (χ4n) is 2.18. The number of aromatic nitrogens is 2. The van der Waals surface area contributed by atoms with E-state index in [1.807, 2.05) is 36.6 Å². The van der Waals surface area contributed by atoms with E-state index in [9.17, 15) is 4.79 Å². The number of halogens is 2. The van der Waals surface area contributed by atoms with Gasteiger partial charge >= 0.3 is 5.97 Å². The average Bonchev–Trinajstić information content (AvgIpc) is 2.73. The molecule has 0 amide bonds. The van der Waals surface area contributed by atoms with E-state index in [1.54, 1.807) is 6.08 Å². The van der Waals surface area contributed by atoms with E-state index in [-0.39, 0.29) is 0 Å². The van der Waals surface area contributed by atoms with Crippen LogP contribution in [0.5, 0.6) is 0 Å². The Morgan fingerprint density at radius 2 is 2.18 bits per heavy atom. The van der Waals surface area contributed by atoms with Crippen LogP contribution in [-0.4, -0.2) is 22.6 Å². The minimum Gasteiger partial charge on any atom is -0.466 e. The smallest absolute Gasteiger partial charge is 0.330 e. The van der Waals surface area contributed by atoms with Gasteiger partial charge < -0.3 is 9.30 Å². The molecule has 0 spiro atoms. The van der Waals surface area contributed by atoms with E-state index in [2.05, 4.69) is 25.7 Å². The lowest BCUT2D eigenvalue weighted by molar-refractivity contribution is -0.134. The number of carbonyl (C=O) groups excluding carboxylic acids is 1. The highest BCUT2D eigenvalue weighted by molar-refractivity contribution is 9.10. The van der Waals surface area contributed by atoms with Gasteiger partial charge in [0.15, 0.2) is 0 Å². The van der Waals surface area contributed by atoms with Crippen molar-refractivity contribution in [2.45, 2.75) is 20.4 Å². The zero-order chi connectivity index (χ0) is 16.3. The normalized spacial score (nSPS) is 11.1. The fraction of sp³-hybridized carbons (Fsp3) is 0.250. The van der Waals surface area contributed by atoms with Crippen LogP contribution in [0.15, 0.2) is 28.7 Å². The van der Waals surface area contributed by atoms with Crippen LogP contribution in [-0.2, 0) is 16.1 Å². The minimum absolute atomic E-state index is 0.397. The van der Waals surface area contributed by atoms with Gasteiger partial charge in [0, 0.05) is 15.6 Å². The number of aryl methyl sites for hydroxylation is 2. The quantitative estimate of drug-likeness (QED) is 0.588. The molecule has 22 heavy (non-hydrogen) atoms. The number of esters is 1. The first-order valence-corrected chi connectivity index (χ1v) is 7.83. The summed E-state index contributed by atoms with van der Waals surface area (Å²) in [5.74, 6) is 0.465. The van der Waals surface area contributed by atoms with Crippen LogP contribution in [0.4, 0.5) is 0 Å². The van der Waals surface area contributed by atoms with Crippen molar-refractivity contribution in [3.05, 3.63) is 56.5 Å². The van der Waals surface area contributed by atoms with Crippen molar-refractivity contribution in [3.63, 3.8) is 0 Å². The van der Waals surface area contributed by atoms with Crippen LogP contribution in [0.2, 0.25) is 5.02 Å². The summed E-state index contributed by atoms with van der Waals surface area (Å²) in [6.07, 6.45) is 3.11. The van der Waals surface area contributed by atoms with Gasteiger partial charge in [-0.15, -0.1) is 0 Å². The Morgan fingerprint density at radius 3 is 2.82 bits per heavy atom. The summed E-state index contributed by atoms with van der Waals surface area (Å²) in [4.78, 5) is 15.8. The van der Waals surface area contributed by atoms with Gasteiger partial charge in [0.2, 0.25) is 0 Å². The zero-order valence-corrected chi connectivity index (χ0v) is 14.9. The van der Waals surface area contributed by atoms with E-state index < -0.39 is 5.97 Å². The summed E-state index contributed by atoms with van der Waals surface area (Å²) in [5.41, 5.74) is 2.70. The predicted octanol–water partition coefficient (Wildman–Crippen LogP) is 4.15. The van der Waals surface area contributed by atoms with Crippen molar-refractivity contribution in [2.24, 2.45) is 0 Å². The van der Waals surface area contributed by atoms with E-state index in [1.165, 1.54) is 13.2 Å². The molecule has 0 fully saturated rings. The first-order chi connectivity index (χ1) is 10.4. The zero-order valence-electron chi connectivity index (χ0n) is 12.6. The maximum absolute atomic E-state index is 11.3. The Labute approximate surface area is 142 Å². The van der Waals surface area contributed by atoms with E-state index in [4.69, 9.17) is 11.6 Å². The number of nitrogens with zero attached hydrogens (tertiary/aromatic N) is 2. The molecule has 4 nitrogen and oxygen atoms in total. The van der Waals surface area contributed by atoms with Crippen molar-refractivity contribution in [3.8, 4) is 0 Å². The average molecular weight is 384 g/mol. The molecule has 0 unspecified atom stereocenters. The van der Waals surface area contributed by atoms with E-state index >= 15 is 0 Å². The lowest BCUT2D eigenvalue weighted by Gasteiger charge is -2.10. The largest absolute Gasteiger partial charge is 0.466 e. The summed E-state index contributed by atoms with van der Waals surface area (Å²) in [5, 5.41) is 0.683. The summed E-state index contributed by atoms with van der Waals surface area (Å²) < 4.78 is 7.58. The number of ether oxygens (including phenoxy) is 1. The van der Waals surface area contributed by atoms with Crippen LogP contribution >= 0.6 is 27.5 Å². The molecule has 0 radical (unpaired) electrons. The van der Waals surface area contributed by atoms with Gasteiger partial charge in [-0.1, -0.05) is 33.6 Å². The topological polar surface area (TPSA) is 44.1 Å². The fourth-order valence-corrected chi connectivity index (χ4v) is 2.91. The first kappa shape index (κ1) is 16.8. The molecule has 0 bridgehead atoms. The third-order valence-electron chi connectivity index (χ3n) is 3.30. The maximum atomic E-state index is 11.3. The van der Waals surface area contributed by atoms with Gasteiger partial charge in [-0.05, 0) is 37.6 Å². The number of hydrogen-bond acceptors (Lipinski definition) is 3. The van der Waals surface area contributed by atoms with Crippen molar-refractivity contribution in [1.82, 2.24) is 9.55 Å². The van der Waals surface area contributed by atoms with E-state index in [0.29, 0.717) is 11.6 Å². The van der Waals surface area contributed by atoms with Gasteiger partial charge in [0.25, 0.3) is 0 Å². The van der Waals surface area contributed by atoms with Crippen molar-refractivity contribution < 1.29 is 9.53 Å². The molecule has 0 aliphatic rings. The minimum atomic E-state index is -0.397. The molecule has 0 saturated carbocycles. The molecule has 0 aliphatic heterocycles. The van der Waals surface area contributed by atoms with Gasteiger partial charge in [0.1, 0.15) is 5.82 Å². The standard InChI is InChI=1S/C16H16BrClN2O2/c1-10-15(6-7-16(21)22-3)20(11(2)19-10)9-12-4-5-13(17)8-14(12)18/h4-8H,9H2,1-3H3. The molecular weight excluding hydrogens is 368 g/mol. The monoisotopic (exact) mass is 382 g/mol. The molecule has 1 aromatic heterocycles. The second-order valence-corrected chi connectivity index (χ2v) is 6.13.